The van der Waals surface area contributed by atoms with E-state index in [1.807, 2.05) is 0 Å². The highest BCUT2D eigenvalue weighted by atomic mass is 28.4. The van der Waals surface area contributed by atoms with Gasteiger partial charge in [-0.2, -0.15) is 0 Å². The molecule has 62 valence electrons. The Balaban J connectivity index is 3.64. The molecule has 4 heteroatoms. The SMILES string of the molecule is CC[Si](C)(C)O[SiH](C)OC. The van der Waals surface area contributed by atoms with E-state index in [2.05, 4.69) is 26.6 Å². The van der Waals surface area contributed by atoms with Crippen molar-refractivity contribution in [3.05, 3.63) is 0 Å². The highest BCUT2D eigenvalue weighted by molar-refractivity contribution is 6.76. The van der Waals surface area contributed by atoms with E-state index in [1.165, 1.54) is 6.04 Å². The van der Waals surface area contributed by atoms with Crippen molar-refractivity contribution in [3.8, 4) is 0 Å². The van der Waals surface area contributed by atoms with Gasteiger partial charge in [-0.1, -0.05) is 6.92 Å². The molecule has 0 saturated carbocycles. The van der Waals surface area contributed by atoms with Crippen LogP contribution in [-0.4, -0.2) is 24.7 Å². The fourth-order valence-electron chi connectivity index (χ4n) is 0.581. The molecule has 0 rings (SSSR count). The Morgan fingerprint density at radius 1 is 1.40 bits per heavy atom. The molecule has 0 amide bonds. The molecule has 0 N–H and O–H groups in total. The van der Waals surface area contributed by atoms with Crippen molar-refractivity contribution in [3.63, 3.8) is 0 Å². The molecule has 10 heavy (non-hydrogen) atoms. The largest absolute Gasteiger partial charge is 0.438 e. The molecule has 0 saturated heterocycles. The lowest BCUT2D eigenvalue weighted by Gasteiger charge is -2.24. The van der Waals surface area contributed by atoms with Gasteiger partial charge in [0.05, 0.1) is 0 Å². The molecule has 0 aliphatic carbocycles. The van der Waals surface area contributed by atoms with E-state index in [0.717, 1.165) is 0 Å². The Labute approximate surface area is 66.5 Å². The highest BCUT2D eigenvalue weighted by Gasteiger charge is 2.22. The third-order valence-corrected chi connectivity index (χ3v) is 7.92. The fraction of sp³-hybridized carbons (Fsp3) is 1.00. The summed E-state index contributed by atoms with van der Waals surface area (Å²) in [5, 5.41) is 0. The van der Waals surface area contributed by atoms with Crippen molar-refractivity contribution in [2.24, 2.45) is 0 Å². The minimum Gasteiger partial charge on any atom is -0.438 e. The van der Waals surface area contributed by atoms with Crippen LogP contribution in [-0.2, 0) is 8.54 Å². The van der Waals surface area contributed by atoms with Gasteiger partial charge in [0.1, 0.15) is 0 Å². The Morgan fingerprint density at radius 2 is 1.90 bits per heavy atom. The zero-order valence-electron chi connectivity index (χ0n) is 7.60. The highest BCUT2D eigenvalue weighted by Crippen LogP contribution is 2.11. The van der Waals surface area contributed by atoms with Gasteiger partial charge in [0.25, 0.3) is 0 Å². The van der Waals surface area contributed by atoms with Crippen LogP contribution in [0.15, 0.2) is 0 Å². The Hall–Kier alpha value is 0.354. The molecule has 2 nitrogen and oxygen atoms in total. The van der Waals surface area contributed by atoms with Crippen molar-refractivity contribution in [2.45, 2.75) is 32.6 Å². The number of rotatable bonds is 4. The monoisotopic (exact) mass is 178 g/mol. The molecule has 0 aromatic rings. The summed E-state index contributed by atoms with van der Waals surface area (Å²) in [5.41, 5.74) is 0. The van der Waals surface area contributed by atoms with Crippen LogP contribution in [0, 0.1) is 0 Å². The van der Waals surface area contributed by atoms with E-state index in [9.17, 15) is 0 Å². The van der Waals surface area contributed by atoms with Gasteiger partial charge < -0.3 is 8.54 Å². The van der Waals surface area contributed by atoms with Crippen molar-refractivity contribution in [2.75, 3.05) is 7.11 Å². The summed E-state index contributed by atoms with van der Waals surface area (Å²) in [6.07, 6.45) is 0. The average molecular weight is 178 g/mol. The van der Waals surface area contributed by atoms with Gasteiger partial charge in [0.2, 0.25) is 0 Å². The standard InChI is InChI=1S/C6H18O2Si2/c1-6-10(4,5)8-9(3)7-2/h9H,6H2,1-5H3. The number of hydrogen-bond acceptors (Lipinski definition) is 2. The molecule has 1 unspecified atom stereocenters. The van der Waals surface area contributed by atoms with E-state index >= 15 is 0 Å². The fourth-order valence-corrected chi connectivity index (χ4v) is 5.23. The molecule has 0 spiro atoms. The average Bonchev–Trinajstić information content (AvgIpc) is 1.87. The van der Waals surface area contributed by atoms with Crippen molar-refractivity contribution in [1.29, 1.82) is 0 Å². The van der Waals surface area contributed by atoms with E-state index < -0.39 is 17.6 Å². The molecule has 0 bridgehead atoms. The summed E-state index contributed by atoms with van der Waals surface area (Å²) in [6.45, 7) is 8.72. The van der Waals surface area contributed by atoms with Gasteiger partial charge >= 0.3 is 9.28 Å². The molecule has 1 atom stereocenters. The van der Waals surface area contributed by atoms with E-state index in [1.54, 1.807) is 7.11 Å². The third kappa shape index (κ3) is 4.21. The predicted octanol–water partition coefficient (Wildman–Crippen LogP) is 1.72. The van der Waals surface area contributed by atoms with Crippen LogP contribution in [0.5, 0.6) is 0 Å². The van der Waals surface area contributed by atoms with Crippen LogP contribution in [0.3, 0.4) is 0 Å². The summed E-state index contributed by atoms with van der Waals surface area (Å²) in [6, 6.07) is 1.17. The van der Waals surface area contributed by atoms with Crippen LogP contribution >= 0.6 is 0 Å². The first kappa shape index (κ1) is 10.4. The van der Waals surface area contributed by atoms with Gasteiger partial charge in [-0.05, 0) is 25.7 Å². The zero-order valence-corrected chi connectivity index (χ0v) is 9.76. The predicted molar refractivity (Wildman–Crippen MR) is 49.1 cm³/mol. The quantitative estimate of drug-likeness (QED) is 0.610. The van der Waals surface area contributed by atoms with Gasteiger partial charge in [-0.25, -0.2) is 0 Å². The summed E-state index contributed by atoms with van der Waals surface area (Å²) in [4.78, 5) is 0. The lowest BCUT2D eigenvalue weighted by atomic mass is 11.0. The molecule has 0 heterocycles. The van der Waals surface area contributed by atoms with Crippen LogP contribution < -0.4 is 0 Å². The minimum absolute atomic E-state index is 1.17. The Morgan fingerprint density at radius 3 is 2.20 bits per heavy atom. The zero-order chi connectivity index (χ0) is 8.20. The smallest absolute Gasteiger partial charge is 0.307 e. The van der Waals surface area contributed by atoms with Crippen LogP contribution in [0.25, 0.3) is 0 Å². The van der Waals surface area contributed by atoms with Crippen molar-refractivity contribution < 1.29 is 8.54 Å². The first-order valence-corrected chi connectivity index (χ1v) is 8.93. The second kappa shape index (κ2) is 4.28. The maximum atomic E-state index is 5.79. The van der Waals surface area contributed by atoms with Crippen molar-refractivity contribution >= 4 is 17.6 Å². The molecule has 0 aromatic heterocycles. The van der Waals surface area contributed by atoms with E-state index in [4.69, 9.17) is 8.54 Å². The van der Waals surface area contributed by atoms with Gasteiger partial charge in [0, 0.05) is 7.11 Å². The third-order valence-electron chi connectivity index (χ3n) is 1.67. The summed E-state index contributed by atoms with van der Waals surface area (Å²) in [7, 11) is -0.854. The molecule has 0 radical (unpaired) electrons. The molecule has 0 aromatic carbocycles. The molecular formula is C6H18O2Si2. The van der Waals surface area contributed by atoms with E-state index in [0.29, 0.717) is 0 Å². The normalized spacial score (nSPS) is 15.3. The molecule has 0 aliphatic heterocycles. The van der Waals surface area contributed by atoms with Crippen LogP contribution in [0.1, 0.15) is 6.92 Å². The van der Waals surface area contributed by atoms with Crippen molar-refractivity contribution in [1.82, 2.24) is 0 Å². The number of hydrogen-bond donors (Lipinski definition) is 0. The van der Waals surface area contributed by atoms with Gasteiger partial charge in [0.15, 0.2) is 8.32 Å². The summed E-state index contributed by atoms with van der Waals surface area (Å²) >= 11 is 0. The van der Waals surface area contributed by atoms with Crippen LogP contribution in [0.4, 0.5) is 0 Å². The van der Waals surface area contributed by atoms with Crippen LogP contribution in [0.2, 0.25) is 25.7 Å². The molecule has 0 fully saturated rings. The summed E-state index contributed by atoms with van der Waals surface area (Å²) < 4.78 is 10.9. The van der Waals surface area contributed by atoms with E-state index in [-0.39, 0.29) is 0 Å². The summed E-state index contributed by atoms with van der Waals surface area (Å²) in [5.74, 6) is 0. The van der Waals surface area contributed by atoms with Gasteiger partial charge in [-0.3, -0.25) is 0 Å². The Kier molecular flexibility index (Phi) is 4.43. The maximum Gasteiger partial charge on any atom is 0.307 e. The lowest BCUT2D eigenvalue weighted by Crippen LogP contribution is -2.36. The first-order chi connectivity index (χ1) is 4.52. The second-order valence-corrected chi connectivity index (χ2v) is 9.81. The Bertz CT molecular complexity index is 95.7. The lowest BCUT2D eigenvalue weighted by molar-refractivity contribution is 0.338. The topological polar surface area (TPSA) is 18.5 Å². The maximum absolute atomic E-state index is 5.79. The second-order valence-electron chi connectivity index (χ2n) is 3.03. The molecule has 0 aliphatic rings. The molecular weight excluding hydrogens is 160 g/mol. The van der Waals surface area contributed by atoms with Gasteiger partial charge in [-0.15, -0.1) is 0 Å². The first-order valence-electron chi connectivity index (χ1n) is 3.72. The minimum atomic E-state index is -1.32.